The fraction of sp³-hybridized carbons (Fsp3) is 0.421. The van der Waals surface area contributed by atoms with Gasteiger partial charge in [0.05, 0.1) is 6.04 Å². The summed E-state index contributed by atoms with van der Waals surface area (Å²) in [4.78, 5) is 31.5. The highest BCUT2D eigenvalue weighted by Crippen LogP contribution is 2.27. The molecule has 6 nitrogen and oxygen atoms in total. The highest BCUT2D eigenvalue weighted by Gasteiger charge is 2.33. The van der Waals surface area contributed by atoms with Crippen LogP contribution in [0.1, 0.15) is 65.8 Å². The molecule has 0 radical (unpaired) electrons. The molecule has 0 bridgehead atoms. The number of nitrogens with zero attached hydrogens (tertiary/aromatic N) is 2. The number of benzene rings is 3. The van der Waals surface area contributed by atoms with Gasteiger partial charge in [-0.2, -0.15) is 0 Å². The Morgan fingerprint density at radius 3 is 2.27 bits per heavy atom. The summed E-state index contributed by atoms with van der Waals surface area (Å²) in [7, 11) is 0. The maximum Gasteiger partial charge on any atom is 0.244 e. The van der Waals surface area contributed by atoms with Gasteiger partial charge in [-0.05, 0) is 81.0 Å². The van der Waals surface area contributed by atoms with E-state index in [1.165, 1.54) is 36.0 Å². The van der Waals surface area contributed by atoms with Crippen LogP contribution in [-0.2, 0) is 9.59 Å². The van der Waals surface area contributed by atoms with Crippen molar-refractivity contribution in [2.24, 2.45) is 0 Å². The lowest BCUT2D eigenvalue weighted by molar-refractivity contribution is -0.133. The molecule has 232 valence electrons. The highest BCUT2D eigenvalue weighted by molar-refractivity contribution is 5.92. The molecule has 2 unspecified atom stereocenters. The van der Waals surface area contributed by atoms with Gasteiger partial charge in [0, 0.05) is 44.2 Å². The molecule has 5 rings (SSSR count). The number of hydrogen-bond donors (Lipinski definition) is 2. The molecule has 0 aromatic heterocycles. The van der Waals surface area contributed by atoms with Crippen LogP contribution >= 0.6 is 0 Å². The minimum atomic E-state index is -0.278. The normalized spacial score (nSPS) is 19.8. The second-order valence-electron chi connectivity index (χ2n) is 12.5. The van der Waals surface area contributed by atoms with Crippen LogP contribution < -0.4 is 10.6 Å². The number of carbonyl (C=O) groups is 2. The second kappa shape index (κ2) is 15.8. The van der Waals surface area contributed by atoms with Crippen molar-refractivity contribution in [1.82, 2.24) is 20.4 Å². The number of rotatable bonds is 11. The first-order valence-corrected chi connectivity index (χ1v) is 16.4. The van der Waals surface area contributed by atoms with Crippen molar-refractivity contribution in [3.8, 4) is 0 Å². The number of piperidine rings is 1. The summed E-state index contributed by atoms with van der Waals surface area (Å²) in [5, 5.41) is 6.78. The van der Waals surface area contributed by atoms with Gasteiger partial charge in [-0.1, -0.05) is 90.8 Å². The molecule has 2 aliphatic heterocycles. The first-order chi connectivity index (χ1) is 21.5. The van der Waals surface area contributed by atoms with Crippen molar-refractivity contribution >= 4 is 17.9 Å². The Morgan fingerprint density at radius 1 is 0.932 bits per heavy atom. The summed E-state index contributed by atoms with van der Waals surface area (Å²) in [6.07, 6.45) is 8.81. The minimum Gasteiger partial charge on any atom is -0.351 e. The Kier molecular flexibility index (Phi) is 11.4. The molecule has 2 N–H and O–H groups in total. The van der Waals surface area contributed by atoms with Gasteiger partial charge in [0.1, 0.15) is 0 Å². The molecule has 2 amide bonds. The van der Waals surface area contributed by atoms with Crippen LogP contribution in [0.3, 0.4) is 0 Å². The number of carbonyl (C=O) groups excluding carboxylic acids is 2. The van der Waals surface area contributed by atoms with E-state index in [0.29, 0.717) is 19.6 Å². The molecule has 0 aliphatic carbocycles. The molecule has 2 aliphatic rings. The van der Waals surface area contributed by atoms with E-state index >= 15 is 0 Å². The average molecular weight is 593 g/mol. The van der Waals surface area contributed by atoms with E-state index in [0.717, 1.165) is 43.6 Å². The Hall–Kier alpha value is -3.74. The van der Waals surface area contributed by atoms with Crippen LogP contribution in [0, 0.1) is 13.8 Å². The van der Waals surface area contributed by atoms with Crippen molar-refractivity contribution in [3.63, 3.8) is 0 Å². The molecule has 2 fully saturated rings. The third-order valence-electron chi connectivity index (χ3n) is 9.15. The maximum absolute atomic E-state index is 14.2. The number of aryl methyl sites for hydroxylation is 2. The zero-order chi connectivity index (χ0) is 30.7. The molecule has 2 saturated heterocycles. The van der Waals surface area contributed by atoms with Crippen LogP contribution in [0.5, 0.6) is 0 Å². The number of nitrogens with one attached hydrogen (secondary N) is 2. The maximum atomic E-state index is 14.2. The smallest absolute Gasteiger partial charge is 0.244 e. The van der Waals surface area contributed by atoms with E-state index in [9.17, 15) is 9.59 Å². The predicted molar refractivity (Wildman–Crippen MR) is 180 cm³/mol. The fourth-order valence-corrected chi connectivity index (χ4v) is 6.58. The van der Waals surface area contributed by atoms with Gasteiger partial charge in [-0.15, -0.1) is 0 Å². The molecule has 0 saturated carbocycles. The number of likely N-dealkylation sites (tertiary alicyclic amines) is 1. The standard InChI is InChI=1S/C38H48N4O2/c1-29-16-17-31(30(2)26-29)18-19-37(43)39-27-34-20-25-42(38(44)36(40-34)21-24-41-22-10-5-11-23-41)28-35(32-12-6-3-7-13-32)33-14-8-4-9-15-33/h3-4,6-9,12-19,26,34-36,40H,5,10-11,20-25,27-28H2,1-2H3,(H,39,43). The first kappa shape index (κ1) is 31.7. The second-order valence-corrected chi connectivity index (χ2v) is 12.5. The number of amides is 2. The molecule has 3 aromatic carbocycles. The average Bonchev–Trinajstić information content (AvgIpc) is 3.20. The summed E-state index contributed by atoms with van der Waals surface area (Å²) in [5.41, 5.74) is 5.84. The van der Waals surface area contributed by atoms with Crippen LogP contribution in [0.25, 0.3) is 6.08 Å². The van der Waals surface area contributed by atoms with Crippen molar-refractivity contribution in [2.45, 2.75) is 64.0 Å². The summed E-state index contributed by atoms with van der Waals surface area (Å²) >= 11 is 0. The van der Waals surface area contributed by atoms with E-state index < -0.39 is 0 Å². The molecule has 3 aromatic rings. The molecular formula is C38H48N4O2. The Balaban J connectivity index is 1.28. The predicted octanol–water partition coefficient (Wildman–Crippen LogP) is 5.70. The van der Waals surface area contributed by atoms with Crippen molar-refractivity contribution in [2.75, 3.05) is 39.3 Å². The van der Waals surface area contributed by atoms with Gasteiger partial charge in [-0.25, -0.2) is 0 Å². The molecule has 44 heavy (non-hydrogen) atoms. The van der Waals surface area contributed by atoms with E-state index in [1.807, 2.05) is 24.3 Å². The Morgan fingerprint density at radius 2 is 1.61 bits per heavy atom. The molecule has 6 heteroatoms. The summed E-state index contributed by atoms with van der Waals surface area (Å²) < 4.78 is 0. The third-order valence-corrected chi connectivity index (χ3v) is 9.15. The van der Waals surface area contributed by atoms with Gasteiger partial charge in [0.15, 0.2) is 0 Å². The van der Waals surface area contributed by atoms with Crippen LogP contribution in [0.2, 0.25) is 0 Å². The molecule has 0 spiro atoms. The monoisotopic (exact) mass is 592 g/mol. The minimum absolute atomic E-state index is 0.0145. The largest absolute Gasteiger partial charge is 0.351 e. The van der Waals surface area contributed by atoms with Crippen molar-refractivity contribution < 1.29 is 9.59 Å². The van der Waals surface area contributed by atoms with Gasteiger partial charge in [0.25, 0.3) is 0 Å². The Labute approximate surface area is 263 Å². The zero-order valence-electron chi connectivity index (χ0n) is 26.4. The van der Waals surface area contributed by atoms with Crippen molar-refractivity contribution in [1.29, 1.82) is 0 Å². The van der Waals surface area contributed by atoms with Gasteiger partial charge in [-0.3, -0.25) is 9.59 Å². The third kappa shape index (κ3) is 8.90. The fourth-order valence-electron chi connectivity index (χ4n) is 6.58. The van der Waals surface area contributed by atoms with Crippen molar-refractivity contribution in [3.05, 3.63) is 113 Å². The quantitative estimate of drug-likeness (QED) is 0.281. The molecule has 2 heterocycles. The highest BCUT2D eigenvalue weighted by atomic mass is 16.2. The van der Waals surface area contributed by atoms with E-state index in [-0.39, 0.29) is 29.8 Å². The van der Waals surface area contributed by atoms with Gasteiger partial charge >= 0.3 is 0 Å². The lowest BCUT2D eigenvalue weighted by Crippen LogP contribution is -2.50. The lowest BCUT2D eigenvalue weighted by atomic mass is 9.90. The lowest BCUT2D eigenvalue weighted by Gasteiger charge is -2.31. The molecule has 2 atom stereocenters. The van der Waals surface area contributed by atoms with Crippen LogP contribution in [0.15, 0.2) is 84.9 Å². The summed E-state index contributed by atoms with van der Waals surface area (Å²) in [5.74, 6) is 0.149. The SMILES string of the molecule is Cc1ccc(C=CC(=O)NCC2CCN(CC(c3ccccc3)c3ccccc3)C(=O)C(CCN3CCCCC3)N2)c(C)c1. The summed E-state index contributed by atoms with van der Waals surface area (Å²) in [6, 6.07) is 27.0. The summed E-state index contributed by atoms with van der Waals surface area (Å²) in [6.45, 7) is 9.04. The zero-order valence-corrected chi connectivity index (χ0v) is 26.4. The van der Waals surface area contributed by atoms with E-state index in [1.54, 1.807) is 6.08 Å². The topological polar surface area (TPSA) is 64.7 Å². The van der Waals surface area contributed by atoms with Gasteiger partial charge < -0.3 is 20.4 Å². The van der Waals surface area contributed by atoms with Gasteiger partial charge in [0.2, 0.25) is 11.8 Å². The van der Waals surface area contributed by atoms with Crippen LogP contribution in [-0.4, -0.2) is 73.0 Å². The number of hydrogen-bond acceptors (Lipinski definition) is 4. The van der Waals surface area contributed by atoms with E-state index in [4.69, 9.17) is 0 Å². The Bertz CT molecular complexity index is 1340. The molecular weight excluding hydrogens is 544 g/mol. The van der Waals surface area contributed by atoms with E-state index in [2.05, 4.69) is 94.9 Å². The van der Waals surface area contributed by atoms with Crippen LogP contribution in [0.4, 0.5) is 0 Å². The first-order valence-electron chi connectivity index (χ1n) is 16.4.